The van der Waals surface area contributed by atoms with Crippen molar-refractivity contribution in [3.63, 3.8) is 0 Å². The maximum atomic E-state index is 12.2. The number of β-amino-alcohol motifs (C(OH)–C–C–N with tert-alkyl or cyclic N) is 1. The van der Waals surface area contributed by atoms with Gasteiger partial charge in [0.1, 0.15) is 0 Å². The van der Waals surface area contributed by atoms with Gasteiger partial charge in [0.2, 0.25) is 0 Å². The molecule has 21 heavy (non-hydrogen) atoms. The second-order valence-electron chi connectivity index (χ2n) is 6.50. The molecule has 1 aliphatic carbocycles. The van der Waals surface area contributed by atoms with Crippen LogP contribution < -0.4 is 5.32 Å². The van der Waals surface area contributed by atoms with Gasteiger partial charge in [0.25, 0.3) is 0 Å². The van der Waals surface area contributed by atoms with Gasteiger partial charge in [-0.25, -0.2) is 4.79 Å². The molecule has 1 aromatic rings. The lowest BCUT2D eigenvalue weighted by Gasteiger charge is -2.31. The molecule has 4 heteroatoms. The molecule has 2 aliphatic rings. The highest BCUT2D eigenvalue weighted by Gasteiger charge is 2.45. The molecule has 0 bridgehead atoms. The average molecular weight is 288 g/mol. The summed E-state index contributed by atoms with van der Waals surface area (Å²) in [4.78, 5) is 14.0. The van der Waals surface area contributed by atoms with Gasteiger partial charge in [0.05, 0.1) is 6.10 Å². The molecule has 1 saturated carbocycles. The smallest absolute Gasteiger partial charge is 0.317 e. The first kappa shape index (κ1) is 14.4. The van der Waals surface area contributed by atoms with Gasteiger partial charge in [-0.1, -0.05) is 24.3 Å². The number of piperidine rings is 1. The van der Waals surface area contributed by atoms with Gasteiger partial charge < -0.3 is 15.3 Å². The fourth-order valence-corrected chi connectivity index (χ4v) is 3.36. The summed E-state index contributed by atoms with van der Waals surface area (Å²) in [6.07, 6.45) is 3.60. The lowest BCUT2D eigenvalue weighted by Crippen LogP contribution is -2.48. The number of amides is 2. The highest BCUT2D eigenvalue weighted by Crippen LogP contribution is 2.48. The molecule has 114 valence electrons. The lowest BCUT2D eigenvalue weighted by molar-refractivity contribution is 0.0841. The number of nitrogens with one attached hydrogen (secondary N) is 1. The first-order valence-electron chi connectivity index (χ1n) is 7.88. The van der Waals surface area contributed by atoms with Crippen molar-refractivity contribution in [2.75, 3.05) is 19.6 Å². The predicted octanol–water partition coefficient (Wildman–Crippen LogP) is 2.19. The molecule has 1 heterocycles. The van der Waals surface area contributed by atoms with Crippen LogP contribution >= 0.6 is 0 Å². The summed E-state index contributed by atoms with van der Waals surface area (Å²) in [6.45, 7) is 4.05. The highest BCUT2D eigenvalue weighted by atomic mass is 16.3. The number of aryl methyl sites for hydroxylation is 1. The molecule has 2 N–H and O–H groups in total. The van der Waals surface area contributed by atoms with Crippen molar-refractivity contribution in [1.29, 1.82) is 0 Å². The molecule has 4 nitrogen and oxygen atoms in total. The SMILES string of the molecule is Cc1ccccc1C1(CNC(=O)N2CCCC(O)C2)CC1. The summed E-state index contributed by atoms with van der Waals surface area (Å²) in [5.74, 6) is 0. The third-order valence-electron chi connectivity index (χ3n) is 4.83. The Labute approximate surface area is 126 Å². The van der Waals surface area contributed by atoms with Gasteiger partial charge in [0.15, 0.2) is 0 Å². The number of aliphatic hydroxyl groups is 1. The maximum absolute atomic E-state index is 12.2. The fraction of sp³-hybridized carbons (Fsp3) is 0.588. The van der Waals surface area contributed by atoms with E-state index in [4.69, 9.17) is 0 Å². The first-order chi connectivity index (χ1) is 10.1. The summed E-state index contributed by atoms with van der Waals surface area (Å²) in [6, 6.07) is 8.42. The molecule has 0 aromatic heterocycles. The minimum absolute atomic E-state index is 0.0337. The number of carbonyl (C=O) groups excluding carboxylic acids is 1. The van der Waals surface area contributed by atoms with Crippen LogP contribution in [0.1, 0.15) is 36.8 Å². The Morgan fingerprint density at radius 2 is 2.19 bits per heavy atom. The summed E-state index contributed by atoms with van der Waals surface area (Å²) in [7, 11) is 0. The van der Waals surface area contributed by atoms with Crippen molar-refractivity contribution < 1.29 is 9.90 Å². The number of hydrogen-bond acceptors (Lipinski definition) is 2. The van der Waals surface area contributed by atoms with Crippen LogP contribution in [0.25, 0.3) is 0 Å². The van der Waals surface area contributed by atoms with Gasteiger partial charge in [-0.2, -0.15) is 0 Å². The molecule has 2 amide bonds. The number of urea groups is 1. The number of benzene rings is 1. The second-order valence-corrected chi connectivity index (χ2v) is 6.50. The summed E-state index contributed by atoms with van der Waals surface area (Å²) in [5, 5.41) is 12.7. The van der Waals surface area contributed by atoms with E-state index in [2.05, 4.69) is 36.5 Å². The number of rotatable bonds is 3. The number of likely N-dealkylation sites (tertiary alicyclic amines) is 1. The van der Waals surface area contributed by atoms with E-state index < -0.39 is 0 Å². The van der Waals surface area contributed by atoms with E-state index >= 15 is 0 Å². The van der Waals surface area contributed by atoms with E-state index in [-0.39, 0.29) is 17.6 Å². The van der Waals surface area contributed by atoms with Crippen LogP contribution in [-0.4, -0.2) is 41.8 Å². The molecular weight excluding hydrogens is 264 g/mol. The van der Waals surface area contributed by atoms with E-state index in [1.807, 2.05) is 0 Å². The number of aliphatic hydroxyl groups excluding tert-OH is 1. The first-order valence-corrected chi connectivity index (χ1v) is 7.88. The van der Waals surface area contributed by atoms with Crippen molar-refractivity contribution in [2.24, 2.45) is 0 Å². The molecule has 1 unspecified atom stereocenters. The van der Waals surface area contributed by atoms with Crippen molar-refractivity contribution in [2.45, 2.75) is 44.1 Å². The van der Waals surface area contributed by atoms with Crippen LogP contribution in [0.3, 0.4) is 0 Å². The highest BCUT2D eigenvalue weighted by molar-refractivity contribution is 5.74. The van der Waals surface area contributed by atoms with Crippen LogP contribution in [0, 0.1) is 6.92 Å². The normalized spacial score (nSPS) is 23.7. The molecular formula is C17H24N2O2. The fourth-order valence-electron chi connectivity index (χ4n) is 3.36. The third-order valence-corrected chi connectivity index (χ3v) is 4.83. The monoisotopic (exact) mass is 288 g/mol. The van der Waals surface area contributed by atoms with E-state index in [1.54, 1.807) is 4.90 Å². The average Bonchev–Trinajstić information content (AvgIpc) is 3.26. The summed E-state index contributed by atoms with van der Waals surface area (Å²) >= 11 is 0. The Hall–Kier alpha value is -1.55. The van der Waals surface area contributed by atoms with Crippen molar-refractivity contribution in [3.8, 4) is 0 Å². The van der Waals surface area contributed by atoms with Gasteiger partial charge in [0, 0.05) is 25.0 Å². The Bertz CT molecular complexity index is 525. The number of hydrogen-bond donors (Lipinski definition) is 2. The topological polar surface area (TPSA) is 52.6 Å². The third kappa shape index (κ3) is 3.05. The van der Waals surface area contributed by atoms with Crippen LogP contribution in [0.5, 0.6) is 0 Å². The Balaban J connectivity index is 1.60. The van der Waals surface area contributed by atoms with E-state index in [0.29, 0.717) is 13.1 Å². The largest absolute Gasteiger partial charge is 0.391 e. The van der Waals surface area contributed by atoms with Gasteiger partial charge in [-0.3, -0.25) is 0 Å². The minimum Gasteiger partial charge on any atom is -0.391 e. The molecule has 1 aliphatic heterocycles. The van der Waals surface area contributed by atoms with E-state index in [9.17, 15) is 9.90 Å². The van der Waals surface area contributed by atoms with Gasteiger partial charge in [-0.15, -0.1) is 0 Å². The van der Waals surface area contributed by atoms with Crippen molar-refractivity contribution >= 4 is 6.03 Å². The zero-order chi connectivity index (χ0) is 14.9. The standard InChI is InChI=1S/C17H24N2O2/c1-13-5-2-3-7-15(13)17(8-9-17)12-18-16(21)19-10-4-6-14(20)11-19/h2-3,5,7,14,20H,4,6,8-12H2,1H3,(H,18,21). The molecule has 0 radical (unpaired) electrons. The van der Waals surface area contributed by atoms with Crippen LogP contribution in [-0.2, 0) is 5.41 Å². The van der Waals surface area contributed by atoms with Crippen LogP contribution in [0.4, 0.5) is 4.79 Å². The Kier molecular flexibility index (Phi) is 3.89. The number of carbonyl (C=O) groups is 1. The van der Waals surface area contributed by atoms with Crippen molar-refractivity contribution in [3.05, 3.63) is 35.4 Å². The van der Waals surface area contributed by atoms with Crippen LogP contribution in [0.15, 0.2) is 24.3 Å². The molecule has 1 aromatic carbocycles. The van der Waals surface area contributed by atoms with Crippen molar-refractivity contribution in [1.82, 2.24) is 10.2 Å². The minimum atomic E-state index is -0.365. The summed E-state index contributed by atoms with van der Waals surface area (Å²) < 4.78 is 0. The predicted molar refractivity (Wildman–Crippen MR) is 82.3 cm³/mol. The number of nitrogens with zero attached hydrogens (tertiary/aromatic N) is 1. The van der Waals surface area contributed by atoms with E-state index in [1.165, 1.54) is 11.1 Å². The van der Waals surface area contributed by atoms with Gasteiger partial charge in [-0.05, 0) is 43.7 Å². The molecule has 2 fully saturated rings. The summed E-state index contributed by atoms with van der Waals surface area (Å²) in [5.41, 5.74) is 2.80. The Morgan fingerprint density at radius 3 is 2.86 bits per heavy atom. The van der Waals surface area contributed by atoms with Gasteiger partial charge >= 0.3 is 6.03 Å². The molecule has 1 atom stereocenters. The molecule has 1 saturated heterocycles. The molecule has 0 spiro atoms. The van der Waals surface area contributed by atoms with E-state index in [0.717, 1.165) is 32.2 Å². The quantitative estimate of drug-likeness (QED) is 0.896. The zero-order valence-electron chi connectivity index (χ0n) is 12.6. The maximum Gasteiger partial charge on any atom is 0.317 e. The molecule has 3 rings (SSSR count). The lowest BCUT2D eigenvalue weighted by atomic mass is 9.92. The second kappa shape index (κ2) is 5.68. The Morgan fingerprint density at radius 1 is 1.43 bits per heavy atom. The van der Waals surface area contributed by atoms with Crippen LogP contribution in [0.2, 0.25) is 0 Å². The zero-order valence-corrected chi connectivity index (χ0v) is 12.6.